The Bertz CT molecular complexity index is 531. The predicted molar refractivity (Wildman–Crippen MR) is 66.4 cm³/mol. The highest BCUT2D eigenvalue weighted by molar-refractivity contribution is 7.12. The van der Waals surface area contributed by atoms with Crippen molar-refractivity contribution in [1.82, 2.24) is 0 Å². The summed E-state index contributed by atoms with van der Waals surface area (Å²) in [7, 11) is 0. The van der Waals surface area contributed by atoms with E-state index < -0.39 is 0 Å². The standard InChI is InChI=1S/C13H11NOS/c15-13(12-2-1-7-16-12)10-4-3-9-5-6-14-11(9)8-10/h1-4,7-8,14H,5-6H2. The Morgan fingerprint density at radius 1 is 1.31 bits per heavy atom. The van der Waals surface area contributed by atoms with Crippen molar-refractivity contribution in [2.24, 2.45) is 0 Å². The van der Waals surface area contributed by atoms with Crippen LogP contribution in [0.3, 0.4) is 0 Å². The molecule has 0 fully saturated rings. The second kappa shape index (κ2) is 3.76. The van der Waals surface area contributed by atoms with Gasteiger partial charge in [0.2, 0.25) is 5.78 Å². The summed E-state index contributed by atoms with van der Waals surface area (Å²) in [4.78, 5) is 12.9. The second-order valence-corrected chi connectivity index (χ2v) is 4.80. The molecule has 2 aromatic rings. The van der Waals surface area contributed by atoms with Crippen molar-refractivity contribution in [3.8, 4) is 0 Å². The minimum absolute atomic E-state index is 0.117. The molecule has 0 amide bonds. The zero-order valence-corrected chi connectivity index (χ0v) is 9.51. The number of hydrogen-bond acceptors (Lipinski definition) is 3. The van der Waals surface area contributed by atoms with E-state index in [2.05, 4.69) is 11.4 Å². The third kappa shape index (κ3) is 1.53. The summed E-state index contributed by atoms with van der Waals surface area (Å²) in [6.07, 6.45) is 1.06. The van der Waals surface area contributed by atoms with Crippen molar-refractivity contribution in [2.45, 2.75) is 6.42 Å². The Hall–Kier alpha value is -1.61. The highest BCUT2D eigenvalue weighted by atomic mass is 32.1. The van der Waals surface area contributed by atoms with E-state index in [1.54, 1.807) is 0 Å². The van der Waals surface area contributed by atoms with Gasteiger partial charge in [0.1, 0.15) is 0 Å². The molecule has 0 radical (unpaired) electrons. The minimum atomic E-state index is 0.117. The Kier molecular flexibility index (Phi) is 2.26. The lowest BCUT2D eigenvalue weighted by atomic mass is 10.1. The summed E-state index contributed by atoms with van der Waals surface area (Å²) in [5.41, 5.74) is 3.20. The van der Waals surface area contributed by atoms with E-state index in [1.165, 1.54) is 16.9 Å². The summed E-state index contributed by atoms with van der Waals surface area (Å²) in [5.74, 6) is 0.117. The molecule has 0 aliphatic carbocycles. The first-order valence-electron chi connectivity index (χ1n) is 5.29. The van der Waals surface area contributed by atoms with Crippen LogP contribution >= 0.6 is 11.3 Å². The largest absolute Gasteiger partial charge is 0.384 e. The number of benzene rings is 1. The van der Waals surface area contributed by atoms with E-state index in [9.17, 15) is 4.79 Å². The minimum Gasteiger partial charge on any atom is -0.384 e. The normalized spacial score (nSPS) is 13.2. The van der Waals surface area contributed by atoms with Gasteiger partial charge in [-0.3, -0.25) is 4.79 Å². The molecule has 3 heteroatoms. The van der Waals surface area contributed by atoms with Crippen LogP contribution in [0.15, 0.2) is 35.7 Å². The number of thiophene rings is 1. The first-order valence-corrected chi connectivity index (χ1v) is 6.17. The van der Waals surface area contributed by atoms with Crippen LogP contribution in [0.1, 0.15) is 20.8 Å². The van der Waals surface area contributed by atoms with Crippen LogP contribution in [0.5, 0.6) is 0 Å². The maximum absolute atomic E-state index is 12.1. The van der Waals surface area contributed by atoms with E-state index in [0.29, 0.717) is 0 Å². The van der Waals surface area contributed by atoms with Gasteiger partial charge in [-0.15, -0.1) is 11.3 Å². The molecular weight excluding hydrogens is 218 g/mol. The lowest BCUT2D eigenvalue weighted by Crippen LogP contribution is -1.99. The molecule has 1 aliphatic rings. The summed E-state index contributed by atoms with van der Waals surface area (Å²) in [5, 5.41) is 5.22. The van der Waals surface area contributed by atoms with Gasteiger partial charge in [-0.05, 0) is 29.5 Å². The van der Waals surface area contributed by atoms with Crippen LogP contribution in [0.25, 0.3) is 0 Å². The topological polar surface area (TPSA) is 29.1 Å². The van der Waals surface area contributed by atoms with Crippen LogP contribution in [0, 0.1) is 0 Å². The number of fused-ring (bicyclic) bond motifs is 1. The molecule has 1 aliphatic heterocycles. The summed E-state index contributed by atoms with van der Waals surface area (Å²) >= 11 is 1.49. The number of carbonyl (C=O) groups excluding carboxylic acids is 1. The molecule has 80 valence electrons. The number of ketones is 1. The number of rotatable bonds is 2. The van der Waals surface area contributed by atoms with Crippen molar-refractivity contribution in [2.75, 3.05) is 11.9 Å². The van der Waals surface area contributed by atoms with Gasteiger partial charge in [0.15, 0.2) is 0 Å². The molecule has 0 bridgehead atoms. The van der Waals surface area contributed by atoms with Gasteiger partial charge in [-0.25, -0.2) is 0 Å². The van der Waals surface area contributed by atoms with Crippen LogP contribution in [-0.2, 0) is 6.42 Å². The molecular formula is C13H11NOS. The van der Waals surface area contributed by atoms with E-state index >= 15 is 0 Å². The molecule has 0 unspecified atom stereocenters. The Morgan fingerprint density at radius 2 is 2.25 bits per heavy atom. The van der Waals surface area contributed by atoms with Gasteiger partial charge < -0.3 is 5.32 Å². The lowest BCUT2D eigenvalue weighted by molar-refractivity contribution is 0.104. The smallest absolute Gasteiger partial charge is 0.203 e. The van der Waals surface area contributed by atoms with Crippen LogP contribution in [0.4, 0.5) is 5.69 Å². The zero-order valence-electron chi connectivity index (χ0n) is 8.69. The van der Waals surface area contributed by atoms with Crippen molar-refractivity contribution >= 4 is 22.8 Å². The van der Waals surface area contributed by atoms with Gasteiger partial charge >= 0.3 is 0 Å². The van der Waals surface area contributed by atoms with Crippen molar-refractivity contribution in [1.29, 1.82) is 0 Å². The molecule has 0 saturated heterocycles. The molecule has 1 aromatic heterocycles. The number of hydrogen-bond donors (Lipinski definition) is 1. The number of anilines is 1. The molecule has 0 atom stereocenters. The van der Waals surface area contributed by atoms with Crippen molar-refractivity contribution < 1.29 is 4.79 Å². The molecule has 2 nitrogen and oxygen atoms in total. The fraction of sp³-hybridized carbons (Fsp3) is 0.154. The van der Waals surface area contributed by atoms with Crippen LogP contribution in [-0.4, -0.2) is 12.3 Å². The quantitative estimate of drug-likeness (QED) is 0.802. The summed E-state index contributed by atoms with van der Waals surface area (Å²) < 4.78 is 0. The van der Waals surface area contributed by atoms with Crippen molar-refractivity contribution in [3.63, 3.8) is 0 Å². The maximum Gasteiger partial charge on any atom is 0.203 e. The van der Waals surface area contributed by atoms with Gasteiger partial charge in [-0.2, -0.15) is 0 Å². The molecule has 1 N–H and O–H groups in total. The Balaban J connectivity index is 1.99. The van der Waals surface area contributed by atoms with Gasteiger partial charge in [0, 0.05) is 17.8 Å². The van der Waals surface area contributed by atoms with E-state index in [4.69, 9.17) is 0 Å². The molecule has 16 heavy (non-hydrogen) atoms. The molecule has 0 spiro atoms. The monoisotopic (exact) mass is 229 g/mol. The van der Waals surface area contributed by atoms with Gasteiger partial charge in [0.05, 0.1) is 4.88 Å². The second-order valence-electron chi connectivity index (χ2n) is 3.86. The zero-order chi connectivity index (χ0) is 11.0. The average Bonchev–Trinajstić information content (AvgIpc) is 2.98. The molecule has 3 rings (SSSR count). The maximum atomic E-state index is 12.1. The van der Waals surface area contributed by atoms with E-state index in [-0.39, 0.29) is 5.78 Å². The molecule has 2 heterocycles. The highest BCUT2D eigenvalue weighted by Gasteiger charge is 2.14. The Morgan fingerprint density at radius 3 is 3.06 bits per heavy atom. The van der Waals surface area contributed by atoms with Crippen LogP contribution < -0.4 is 5.32 Å². The molecule has 0 saturated carbocycles. The van der Waals surface area contributed by atoms with Gasteiger partial charge in [0.25, 0.3) is 0 Å². The fourth-order valence-electron chi connectivity index (χ4n) is 1.98. The third-order valence-corrected chi connectivity index (χ3v) is 3.70. The lowest BCUT2D eigenvalue weighted by Gasteiger charge is -2.03. The number of carbonyl (C=O) groups is 1. The number of nitrogens with one attached hydrogen (secondary N) is 1. The average molecular weight is 229 g/mol. The van der Waals surface area contributed by atoms with E-state index in [0.717, 1.165) is 29.1 Å². The van der Waals surface area contributed by atoms with Crippen molar-refractivity contribution in [3.05, 3.63) is 51.7 Å². The third-order valence-electron chi connectivity index (χ3n) is 2.83. The SMILES string of the molecule is O=C(c1ccc2c(c1)NCC2)c1cccs1. The predicted octanol–water partition coefficient (Wildman–Crippen LogP) is 2.95. The fourth-order valence-corrected chi connectivity index (χ4v) is 2.67. The summed E-state index contributed by atoms with van der Waals surface area (Å²) in [6, 6.07) is 9.71. The first-order chi connectivity index (χ1) is 7.84. The van der Waals surface area contributed by atoms with E-state index in [1.807, 2.05) is 29.6 Å². The summed E-state index contributed by atoms with van der Waals surface area (Å²) in [6.45, 7) is 0.978. The van der Waals surface area contributed by atoms with Gasteiger partial charge in [-0.1, -0.05) is 18.2 Å². The first kappa shape index (κ1) is 9.60. The Labute approximate surface area is 97.9 Å². The van der Waals surface area contributed by atoms with Crippen LogP contribution in [0.2, 0.25) is 0 Å². The highest BCUT2D eigenvalue weighted by Crippen LogP contribution is 2.25. The molecule has 1 aromatic carbocycles.